The van der Waals surface area contributed by atoms with Crippen molar-refractivity contribution in [3.05, 3.63) is 33.1 Å². The Hall–Kier alpha value is -1.82. The van der Waals surface area contributed by atoms with E-state index < -0.39 is 54.6 Å². The third-order valence-corrected chi connectivity index (χ3v) is 7.96. The molecule has 12 nitrogen and oxygen atoms in total. The van der Waals surface area contributed by atoms with Crippen LogP contribution in [0.2, 0.25) is 0 Å². The Bertz CT molecular complexity index is 1070. The molecular weight excluding hydrogens is 457 g/mol. The number of hydrogen-bond acceptors (Lipinski definition) is 10. The molecule has 3 fully saturated rings. The number of carbonyl (C=O) groups is 1. The summed E-state index contributed by atoms with van der Waals surface area (Å²) in [5, 5.41) is 0. The van der Waals surface area contributed by atoms with Gasteiger partial charge in [-0.05, 0) is 19.8 Å². The zero-order valence-corrected chi connectivity index (χ0v) is 19.7. The van der Waals surface area contributed by atoms with E-state index in [1.54, 1.807) is 13.8 Å². The maximum atomic E-state index is 13.0. The van der Waals surface area contributed by atoms with Gasteiger partial charge in [-0.3, -0.25) is 32.7 Å². The lowest BCUT2D eigenvalue weighted by Crippen LogP contribution is -2.57. The molecule has 1 aromatic heterocycles. The first-order chi connectivity index (χ1) is 15.6. The molecular formula is C20H30N3O9P. The van der Waals surface area contributed by atoms with Crippen molar-refractivity contribution in [2.24, 2.45) is 11.7 Å². The van der Waals surface area contributed by atoms with Crippen molar-refractivity contribution >= 4 is 13.8 Å². The molecule has 0 aromatic carbocycles. The molecule has 4 rings (SSSR count). The molecule has 2 aliphatic heterocycles. The highest BCUT2D eigenvalue weighted by atomic mass is 31.2. The van der Waals surface area contributed by atoms with E-state index in [0.29, 0.717) is 6.61 Å². The summed E-state index contributed by atoms with van der Waals surface area (Å²) in [5.41, 5.74) is 2.70. The number of nitrogens with one attached hydrogen (secondary N) is 1. The smallest absolute Gasteiger partial charge is 0.465 e. The molecule has 0 radical (unpaired) electrons. The van der Waals surface area contributed by atoms with Gasteiger partial charge < -0.3 is 15.2 Å². The van der Waals surface area contributed by atoms with Crippen molar-refractivity contribution in [3.63, 3.8) is 0 Å². The average Bonchev–Trinajstić information content (AvgIpc) is 3.07. The summed E-state index contributed by atoms with van der Waals surface area (Å²) in [6, 6.07) is 1.18. The van der Waals surface area contributed by atoms with Crippen LogP contribution in [0.3, 0.4) is 0 Å². The van der Waals surface area contributed by atoms with Gasteiger partial charge in [0.25, 0.3) is 5.56 Å². The summed E-state index contributed by atoms with van der Waals surface area (Å²) in [6.45, 7) is 5.71. The molecule has 3 aliphatic rings. The van der Waals surface area contributed by atoms with Gasteiger partial charge in [0.05, 0.1) is 24.7 Å². The van der Waals surface area contributed by atoms with E-state index in [2.05, 4.69) is 11.9 Å². The summed E-state index contributed by atoms with van der Waals surface area (Å²) in [4.78, 5) is 37.7. The second kappa shape index (κ2) is 8.75. The van der Waals surface area contributed by atoms with Crippen molar-refractivity contribution in [2.75, 3.05) is 13.2 Å². The second-order valence-corrected chi connectivity index (χ2v) is 10.5. The molecule has 3 heterocycles. The quantitative estimate of drug-likeness (QED) is 0.279. The van der Waals surface area contributed by atoms with Crippen molar-refractivity contribution < 1.29 is 32.4 Å². The van der Waals surface area contributed by atoms with E-state index >= 15 is 0 Å². The van der Waals surface area contributed by atoms with E-state index in [9.17, 15) is 18.9 Å². The molecule has 184 valence electrons. The van der Waals surface area contributed by atoms with Gasteiger partial charge in [-0.1, -0.05) is 26.7 Å². The number of aromatic nitrogens is 2. The number of phosphoric acid groups is 1. The fourth-order valence-electron chi connectivity index (χ4n) is 4.40. The molecule has 0 amide bonds. The predicted molar refractivity (Wildman–Crippen MR) is 114 cm³/mol. The Morgan fingerprint density at radius 2 is 2.09 bits per heavy atom. The summed E-state index contributed by atoms with van der Waals surface area (Å²) in [7, 11) is -3.95. The zero-order valence-electron chi connectivity index (χ0n) is 18.9. The van der Waals surface area contributed by atoms with Crippen LogP contribution in [0, 0.1) is 5.92 Å². The van der Waals surface area contributed by atoms with Gasteiger partial charge in [-0.15, -0.1) is 0 Å². The van der Waals surface area contributed by atoms with Crippen LogP contribution in [0.15, 0.2) is 21.9 Å². The van der Waals surface area contributed by atoms with Crippen LogP contribution < -0.4 is 17.0 Å². The number of unbranched alkanes of at least 4 members (excludes halogenated alkanes) is 2. The normalized spacial score (nSPS) is 37.4. The Labute approximate surface area is 190 Å². The number of phosphoric ester groups is 1. The van der Waals surface area contributed by atoms with Gasteiger partial charge in [0.2, 0.25) is 0 Å². The maximum Gasteiger partial charge on any atom is 0.476 e. The minimum Gasteiger partial charge on any atom is -0.465 e. The molecule has 2 unspecified atom stereocenters. The minimum absolute atomic E-state index is 0.0408. The first-order valence-corrected chi connectivity index (χ1v) is 12.6. The van der Waals surface area contributed by atoms with Gasteiger partial charge >= 0.3 is 19.5 Å². The number of aromatic amines is 1. The van der Waals surface area contributed by atoms with Crippen LogP contribution in [0.5, 0.6) is 0 Å². The number of H-pyrrole nitrogens is 1. The van der Waals surface area contributed by atoms with Crippen LogP contribution in [0.4, 0.5) is 0 Å². The Balaban J connectivity index is 1.34. The number of nitrogens with two attached hydrogens (primary N) is 1. The minimum atomic E-state index is -3.95. The fraction of sp³-hybridized carbons (Fsp3) is 0.750. The lowest BCUT2D eigenvalue weighted by molar-refractivity contribution is -0.148. The summed E-state index contributed by atoms with van der Waals surface area (Å²) in [6.07, 6.45) is 2.08. The first-order valence-electron chi connectivity index (χ1n) is 11.1. The van der Waals surface area contributed by atoms with E-state index in [1.165, 1.54) is 12.3 Å². The van der Waals surface area contributed by atoms with Crippen LogP contribution in [0.25, 0.3) is 0 Å². The maximum absolute atomic E-state index is 13.0. The largest absolute Gasteiger partial charge is 0.476 e. The topological polar surface area (TPSA) is 161 Å². The molecule has 0 bridgehead atoms. The van der Waals surface area contributed by atoms with Crippen LogP contribution in [0.1, 0.15) is 52.7 Å². The summed E-state index contributed by atoms with van der Waals surface area (Å²) in [5.74, 6) is -0.775. The monoisotopic (exact) mass is 487 g/mol. The third kappa shape index (κ3) is 4.13. The van der Waals surface area contributed by atoms with Gasteiger partial charge in [-0.2, -0.15) is 0 Å². The highest BCUT2D eigenvalue weighted by Crippen LogP contribution is 2.77. The number of esters is 1. The molecule has 1 aliphatic carbocycles. The second-order valence-electron chi connectivity index (χ2n) is 8.96. The van der Waals surface area contributed by atoms with Crippen molar-refractivity contribution in [2.45, 2.75) is 76.0 Å². The van der Waals surface area contributed by atoms with Crippen molar-refractivity contribution in [3.8, 4) is 0 Å². The Morgan fingerprint density at radius 3 is 2.79 bits per heavy atom. The molecule has 1 saturated carbocycles. The van der Waals surface area contributed by atoms with E-state index in [0.717, 1.165) is 23.8 Å². The molecule has 1 aromatic rings. The van der Waals surface area contributed by atoms with Crippen LogP contribution in [-0.2, 0) is 32.4 Å². The zero-order chi connectivity index (χ0) is 24.0. The highest BCUT2D eigenvalue weighted by molar-refractivity contribution is 7.48. The highest BCUT2D eigenvalue weighted by Gasteiger charge is 2.89. The van der Waals surface area contributed by atoms with Crippen LogP contribution in [-0.4, -0.2) is 52.1 Å². The number of carbonyl (C=O) groups excluding carboxylic acids is 1. The molecule has 7 atom stereocenters. The lowest BCUT2D eigenvalue weighted by Gasteiger charge is -2.33. The van der Waals surface area contributed by atoms with Crippen LogP contribution >= 0.6 is 7.82 Å². The van der Waals surface area contributed by atoms with Crippen molar-refractivity contribution in [1.82, 2.24) is 9.55 Å². The number of hydrogen-bond donors (Lipinski definition) is 2. The molecule has 13 heteroatoms. The van der Waals surface area contributed by atoms with Gasteiger partial charge in [0.1, 0.15) is 12.2 Å². The van der Waals surface area contributed by atoms with Gasteiger partial charge in [0.15, 0.2) is 11.8 Å². The Kier molecular flexibility index (Phi) is 6.45. The number of rotatable bonds is 10. The molecule has 1 spiro atoms. The number of ether oxygens (including phenoxy) is 2. The van der Waals surface area contributed by atoms with Crippen molar-refractivity contribution in [1.29, 1.82) is 0 Å². The average molecular weight is 487 g/mol. The number of fused-ring (bicyclic) bond motifs is 1. The summed E-state index contributed by atoms with van der Waals surface area (Å²) >= 11 is 0. The predicted octanol–water partition coefficient (Wildman–Crippen LogP) is 1.20. The third-order valence-electron chi connectivity index (χ3n) is 6.45. The standard InChI is InChI=1S/C20H30N3O9P/c1-4-5-6-10-28-16(25)12(2)8-11-29-33(27)31-15-14-20(15,32-33)19(3,21)17(30-14)23-9-7-13(24)22-18(23)26/h7,9,12,14-15,17H,4-6,8,10-11,21H2,1-3H3,(H,22,24,26)/t12?,14-,15?,17-,19+,20+,33+/m1/s1. The molecule has 33 heavy (non-hydrogen) atoms. The van der Waals surface area contributed by atoms with Gasteiger partial charge in [0, 0.05) is 12.3 Å². The van der Waals surface area contributed by atoms with E-state index in [-0.39, 0.29) is 19.0 Å². The SMILES string of the molecule is CCCCCOC(=O)C(C)CCO[P@@]1(=O)OC2[C@H]3O[C@@H](n4ccc(=O)[nH]c4=O)[C@](C)(N)[C@@]23O1. The number of nitrogens with zero attached hydrogens (tertiary/aromatic N) is 1. The first kappa shape index (κ1) is 24.3. The fourth-order valence-corrected chi connectivity index (χ4v) is 6.20. The lowest BCUT2D eigenvalue weighted by atomic mass is 9.92. The van der Waals surface area contributed by atoms with Gasteiger partial charge in [-0.25, -0.2) is 9.36 Å². The van der Waals surface area contributed by atoms with E-state index in [4.69, 9.17) is 28.8 Å². The molecule has 3 N–H and O–H groups in total. The Morgan fingerprint density at radius 1 is 1.33 bits per heavy atom. The molecule has 2 saturated heterocycles. The van der Waals surface area contributed by atoms with E-state index in [1.807, 2.05) is 0 Å². The summed E-state index contributed by atoms with van der Waals surface area (Å²) < 4.78 is 42.0.